The summed E-state index contributed by atoms with van der Waals surface area (Å²) >= 11 is 0. The number of nitrogens with two attached hydrogens (primary N) is 1. The van der Waals surface area contributed by atoms with E-state index in [-0.39, 0.29) is 18.2 Å². The Bertz CT molecular complexity index is 473. The van der Waals surface area contributed by atoms with Crippen LogP contribution in [0.3, 0.4) is 0 Å². The minimum Gasteiger partial charge on any atom is -0.349 e. The van der Waals surface area contributed by atoms with Crippen molar-refractivity contribution in [3.8, 4) is 0 Å². The third kappa shape index (κ3) is 5.84. The van der Waals surface area contributed by atoms with Crippen molar-refractivity contribution in [3.05, 3.63) is 29.8 Å². The first-order valence-corrected chi connectivity index (χ1v) is 6.55. The third-order valence-corrected chi connectivity index (χ3v) is 2.71. The first-order chi connectivity index (χ1) is 9.17. The van der Waals surface area contributed by atoms with Crippen LogP contribution < -0.4 is 11.1 Å². The zero-order valence-electron chi connectivity index (χ0n) is 12.6. The van der Waals surface area contributed by atoms with E-state index in [1.54, 1.807) is 31.1 Å². The lowest BCUT2D eigenvalue weighted by atomic mass is 10.0. The Hall–Kier alpha value is -1.88. The molecule has 0 atom stereocenters. The molecule has 5 nitrogen and oxygen atoms in total. The van der Waals surface area contributed by atoms with Crippen LogP contribution in [-0.2, 0) is 16.0 Å². The molecule has 2 amide bonds. The van der Waals surface area contributed by atoms with E-state index < -0.39 is 5.54 Å². The van der Waals surface area contributed by atoms with Crippen LogP contribution >= 0.6 is 0 Å². The van der Waals surface area contributed by atoms with E-state index >= 15 is 0 Å². The van der Waals surface area contributed by atoms with E-state index in [0.717, 1.165) is 5.56 Å². The monoisotopic (exact) mass is 277 g/mol. The lowest BCUT2D eigenvalue weighted by molar-refractivity contribution is -0.128. The highest BCUT2D eigenvalue weighted by molar-refractivity contribution is 5.91. The van der Waals surface area contributed by atoms with Gasteiger partial charge in [0, 0.05) is 31.7 Å². The topological polar surface area (TPSA) is 75.4 Å². The van der Waals surface area contributed by atoms with E-state index in [1.807, 2.05) is 26.0 Å². The summed E-state index contributed by atoms with van der Waals surface area (Å²) < 4.78 is 0. The molecule has 5 heteroatoms. The highest BCUT2D eigenvalue weighted by Crippen LogP contribution is 2.12. The molecule has 0 bridgehead atoms. The van der Waals surface area contributed by atoms with E-state index in [2.05, 4.69) is 5.32 Å². The fourth-order valence-electron chi connectivity index (χ4n) is 1.66. The van der Waals surface area contributed by atoms with Crippen molar-refractivity contribution < 1.29 is 9.59 Å². The number of likely N-dealkylation sites (N-methyl/N-ethyl adjacent to an activating group) is 1. The summed E-state index contributed by atoms with van der Waals surface area (Å²) in [4.78, 5) is 24.9. The average molecular weight is 277 g/mol. The maximum absolute atomic E-state index is 11.7. The smallest absolute Gasteiger partial charge is 0.226 e. The number of hydrogen-bond acceptors (Lipinski definition) is 3. The number of benzene rings is 1. The second-order valence-corrected chi connectivity index (χ2v) is 5.88. The molecule has 0 unspecified atom stereocenters. The number of rotatable bonds is 5. The number of nitrogens with one attached hydrogen (secondary N) is 1. The Morgan fingerprint density at radius 1 is 1.20 bits per heavy atom. The van der Waals surface area contributed by atoms with Crippen molar-refractivity contribution in [1.29, 1.82) is 0 Å². The van der Waals surface area contributed by atoms with E-state index in [9.17, 15) is 9.59 Å². The molecular formula is C15H23N3O2. The van der Waals surface area contributed by atoms with Gasteiger partial charge in [-0.05, 0) is 31.5 Å². The van der Waals surface area contributed by atoms with Gasteiger partial charge in [-0.15, -0.1) is 0 Å². The van der Waals surface area contributed by atoms with Gasteiger partial charge in [0.05, 0.1) is 6.42 Å². The van der Waals surface area contributed by atoms with Crippen LogP contribution in [0.2, 0.25) is 0 Å². The Balaban J connectivity index is 2.59. The van der Waals surface area contributed by atoms with Gasteiger partial charge in [-0.2, -0.15) is 0 Å². The predicted octanol–water partition coefficient (Wildman–Crippen LogP) is 1.38. The summed E-state index contributed by atoms with van der Waals surface area (Å²) in [6.45, 7) is 3.62. The van der Waals surface area contributed by atoms with Gasteiger partial charge in [-0.25, -0.2) is 0 Å². The van der Waals surface area contributed by atoms with Crippen molar-refractivity contribution in [2.75, 3.05) is 19.4 Å². The zero-order valence-corrected chi connectivity index (χ0v) is 12.6. The van der Waals surface area contributed by atoms with Crippen LogP contribution in [0.1, 0.15) is 25.8 Å². The molecule has 20 heavy (non-hydrogen) atoms. The average Bonchev–Trinajstić information content (AvgIpc) is 2.28. The number of carbonyl (C=O) groups excluding carboxylic acids is 2. The molecule has 3 N–H and O–H groups in total. The summed E-state index contributed by atoms with van der Waals surface area (Å²) in [6, 6.07) is 7.26. The van der Waals surface area contributed by atoms with Crippen LogP contribution in [0.25, 0.3) is 0 Å². The molecule has 0 fully saturated rings. The Morgan fingerprint density at radius 2 is 1.75 bits per heavy atom. The summed E-state index contributed by atoms with van der Waals surface area (Å²) in [6.07, 6.45) is 0.616. The number of anilines is 1. The van der Waals surface area contributed by atoms with E-state index in [4.69, 9.17) is 5.73 Å². The molecule has 0 heterocycles. The molecule has 1 aromatic rings. The molecule has 0 aliphatic rings. The van der Waals surface area contributed by atoms with Crippen molar-refractivity contribution >= 4 is 17.5 Å². The fraction of sp³-hybridized carbons (Fsp3) is 0.467. The van der Waals surface area contributed by atoms with Crippen molar-refractivity contribution in [3.63, 3.8) is 0 Å². The number of hydrogen-bond donors (Lipinski definition) is 2. The quantitative estimate of drug-likeness (QED) is 0.854. The molecule has 0 aliphatic carbocycles. The van der Waals surface area contributed by atoms with Gasteiger partial charge < -0.3 is 16.0 Å². The van der Waals surface area contributed by atoms with Gasteiger partial charge >= 0.3 is 0 Å². The normalized spacial score (nSPS) is 11.1. The molecule has 1 rings (SSSR count). The first kappa shape index (κ1) is 16.2. The first-order valence-electron chi connectivity index (χ1n) is 6.55. The Labute approximate surface area is 120 Å². The summed E-state index contributed by atoms with van der Waals surface area (Å²) in [7, 11) is 3.46. The van der Waals surface area contributed by atoms with Gasteiger partial charge in [0.2, 0.25) is 11.8 Å². The third-order valence-electron chi connectivity index (χ3n) is 2.71. The summed E-state index contributed by atoms with van der Waals surface area (Å²) in [5.41, 5.74) is 6.89. The Kier molecular flexibility index (Phi) is 5.27. The predicted molar refractivity (Wildman–Crippen MR) is 80.4 cm³/mol. The van der Waals surface area contributed by atoms with Crippen LogP contribution in [0.4, 0.5) is 5.69 Å². The standard InChI is InChI=1S/C15H23N3O2/c1-15(2,16)10-13(19)17-12-7-5-11(6-8-12)9-14(20)18(3)4/h5-8H,9-10,16H2,1-4H3,(H,17,19). The molecular weight excluding hydrogens is 254 g/mol. The SMILES string of the molecule is CN(C)C(=O)Cc1ccc(NC(=O)CC(C)(C)N)cc1. The second-order valence-electron chi connectivity index (χ2n) is 5.88. The van der Waals surface area contributed by atoms with E-state index in [1.165, 1.54) is 0 Å². The molecule has 0 radical (unpaired) electrons. The fourth-order valence-corrected chi connectivity index (χ4v) is 1.66. The van der Waals surface area contributed by atoms with Gasteiger partial charge in [-0.3, -0.25) is 9.59 Å². The van der Waals surface area contributed by atoms with Crippen molar-refractivity contribution in [1.82, 2.24) is 4.90 Å². The van der Waals surface area contributed by atoms with Gasteiger partial charge in [-0.1, -0.05) is 12.1 Å². The maximum atomic E-state index is 11.7. The number of carbonyl (C=O) groups is 2. The highest BCUT2D eigenvalue weighted by atomic mass is 16.2. The largest absolute Gasteiger partial charge is 0.349 e. The van der Waals surface area contributed by atoms with Crippen LogP contribution in [-0.4, -0.2) is 36.3 Å². The van der Waals surface area contributed by atoms with E-state index in [0.29, 0.717) is 12.1 Å². The molecule has 0 spiro atoms. The highest BCUT2D eigenvalue weighted by Gasteiger charge is 2.16. The number of nitrogens with zero attached hydrogens (tertiary/aromatic N) is 1. The lowest BCUT2D eigenvalue weighted by Crippen LogP contribution is -2.36. The molecule has 0 saturated carbocycles. The van der Waals surface area contributed by atoms with Crippen LogP contribution in [0.15, 0.2) is 24.3 Å². The molecule has 0 saturated heterocycles. The minimum absolute atomic E-state index is 0.0478. The van der Waals surface area contributed by atoms with Crippen LogP contribution in [0, 0.1) is 0 Å². The van der Waals surface area contributed by atoms with Crippen LogP contribution in [0.5, 0.6) is 0 Å². The van der Waals surface area contributed by atoms with Gasteiger partial charge in [0.1, 0.15) is 0 Å². The number of amides is 2. The zero-order chi connectivity index (χ0) is 15.3. The second kappa shape index (κ2) is 6.52. The summed E-state index contributed by atoms with van der Waals surface area (Å²) in [5, 5.41) is 2.79. The minimum atomic E-state index is -0.526. The Morgan fingerprint density at radius 3 is 2.20 bits per heavy atom. The maximum Gasteiger partial charge on any atom is 0.226 e. The lowest BCUT2D eigenvalue weighted by Gasteiger charge is -2.17. The molecule has 0 aliphatic heterocycles. The molecule has 0 aromatic heterocycles. The van der Waals surface area contributed by atoms with Crippen molar-refractivity contribution in [2.24, 2.45) is 5.73 Å². The molecule has 1 aromatic carbocycles. The molecule has 110 valence electrons. The van der Waals surface area contributed by atoms with Gasteiger partial charge in [0.25, 0.3) is 0 Å². The van der Waals surface area contributed by atoms with Crippen molar-refractivity contribution in [2.45, 2.75) is 32.2 Å². The van der Waals surface area contributed by atoms with Gasteiger partial charge in [0.15, 0.2) is 0 Å². The summed E-state index contributed by atoms with van der Waals surface area (Å²) in [5.74, 6) is -0.0683.